The van der Waals surface area contributed by atoms with E-state index in [4.69, 9.17) is 5.84 Å². The summed E-state index contributed by atoms with van der Waals surface area (Å²) in [5.41, 5.74) is 2.84. The Morgan fingerprint density at radius 2 is 2.38 bits per heavy atom. The van der Waals surface area contributed by atoms with E-state index in [1.807, 2.05) is 0 Å². The molecular formula is C9H17N3S. The van der Waals surface area contributed by atoms with Gasteiger partial charge in [-0.15, -0.1) is 11.3 Å². The first-order chi connectivity index (χ1) is 6.22. The van der Waals surface area contributed by atoms with Crippen molar-refractivity contribution in [2.75, 3.05) is 20.6 Å². The van der Waals surface area contributed by atoms with Gasteiger partial charge in [0, 0.05) is 17.5 Å². The Morgan fingerprint density at radius 1 is 1.62 bits per heavy atom. The summed E-state index contributed by atoms with van der Waals surface area (Å²) >= 11 is 1.78. The van der Waals surface area contributed by atoms with Gasteiger partial charge in [-0.2, -0.15) is 0 Å². The maximum Gasteiger partial charge on any atom is 0.0385 e. The molecule has 0 bridgehead atoms. The zero-order valence-electron chi connectivity index (χ0n) is 8.16. The first-order valence-corrected chi connectivity index (χ1v) is 5.23. The van der Waals surface area contributed by atoms with E-state index in [-0.39, 0.29) is 0 Å². The van der Waals surface area contributed by atoms with Crippen LogP contribution >= 0.6 is 11.3 Å². The summed E-state index contributed by atoms with van der Waals surface area (Å²) in [5, 5.41) is 2.10. The van der Waals surface area contributed by atoms with Crippen LogP contribution in [0.3, 0.4) is 0 Å². The Labute approximate surface area is 83.5 Å². The van der Waals surface area contributed by atoms with Crippen molar-refractivity contribution in [1.29, 1.82) is 0 Å². The number of nitrogens with zero attached hydrogens (tertiary/aromatic N) is 1. The Morgan fingerprint density at radius 3 is 2.85 bits per heavy atom. The van der Waals surface area contributed by atoms with Gasteiger partial charge < -0.3 is 4.90 Å². The van der Waals surface area contributed by atoms with Crippen LogP contribution in [0.5, 0.6) is 0 Å². The van der Waals surface area contributed by atoms with Crippen LogP contribution in [0, 0.1) is 0 Å². The standard InChI is InChI=1S/C9H17N3S/c1-12(2)7-8(11-10)6-9-4-3-5-13-9/h3-5,8,11H,6-7,10H2,1-2H3. The van der Waals surface area contributed by atoms with Crippen LogP contribution in [0.2, 0.25) is 0 Å². The fourth-order valence-corrected chi connectivity index (χ4v) is 2.08. The lowest BCUT2D eigenvalue weighted by Gasteiger charge is -2.19. The summed E-state index contributed by atoms with van der Waals surface area (Å²) in [5.74, 6) is 5.47. The smallest absolute Gasteiger partial charge is 0.0385 e. The highest BCUT2D eigenvalue weighted by Crippen LogP contribution is 2.10. The fourth-order valence-electron chi connectivity index (χ4n) is 1.29. The van der Waals surface area contributed by atoms with Crippen LogP contribution in [0.25, 0.3) is 0 Å². The molecule has 1 aromatic rings. The molecule has 3 nitrogen and oxygen atoms in total. The second-order valence-electron chi connectivity index (χ2n) is 3.41. The van der Waals surface area contributed by atoms with Gasteiger partial charge in [-0.1, -0.05) is 6.07 Å². The molecule has 0 aliphatic carbocycles. The Bertz CT molecular complexity index is 221. The largest absolute Gasteiger partial charge is 0.308 e. The van der Waals surface area contributed by atoms with E-state index in [9.17, 15) is 0 Å². The van der Waals surface area contributed by atoms with Gasteiger partial charge in [0.1, 0.15) is 0 Å². The lowest BCUT2D eigenvalue weighted by Crippen LogP contribution is -2.43. The van der Waals surface area contributed by atoms with Crippen molar-refractivity contribution in [3.63, 3.8) is 0 Å². The molecule has 0 saturated carbocycles. The molecule has 0 aliphatic rings. The maximum absolute atomic E-state index is 5.47. The second-order valence-corrected chi connectivity index (χ2v) is 4.44. The highest BCUT2D eigenvalue weighted by molar-refractivity contribution is 7.09. The van der Waals surface area contributed by atoms with Gasteiger partial charge in [0.15, 0.2) is 0 Å². The summed E-state index contributed by atoms with van der Waals surface area (Å²) in [6, 6.07) is 4.56. The van der Waals surface area contributed by atoms with Gasteiger partial charge in [0.25, 0.3) is 0 Å². The van der Waals surface area contributed by atoms with Gasteiger partial charge in [-0.3, -0.25) is 11.3 Å². The number of hydrogen-bond donors (Lipinski definition) is 2. The van der Waals surface area contributed by atoms with Crippen molar-refractivity contribution in [1.82, 2.24) is 10.3 Å². The monoisotopic (exact) mass is 199 g/mol. The first-order valence-electron chi connectivity index (χ1n) is 4.35. The van der Waals surface area contributed by atoms with Crippen LogP contribution in [-0.2, 0) is 6.42 Å². The van der Waals surface area contributed by atoms with Crippen LogP contribution in [0.1, 0.15) is 4.88 Å². The Kier molecular flexibility index (Phi) is 4.38. The van der Waals surface area contributed by atoms with Crippen LogP contribution in [-0.4, -0.2) is 31.6 Å². The number of nitrogens with two attached hydrogens (primary N) is 1. The summed E-state index contributed by atoms with van der Waals surface area (Å²) in [6.45, 7) is 0.967. The van der Waals surface area contributed by atoms with Gasteiger partial charge in [-0.05, 0) is 32.0 Å². The van der Waals surface area contributed by atoms with E-state index in [1.54, 1.807) is 11.3 Å². The van der Waals surface area contributed by atoms with Gasteiger partial charge in [0.05, 0.1) is 0 Å². The number of thiophene rings is 1. The quantitative estimate of drug-likeness (QED) is 0.541. The van der Waals surface area contributed by atoms with E-state index in [0.717, 1.165) is 13.0 Å². The molecule has 4 heteroatoms. The molecule has 0 fully saturated rings. The molecule has 0 saturated heterocycles. The predicted molar refractivity (Wildman–Crippen MR) is 57.7 cm³/mol. The molecule has 1 heterocycles. The predicted octanol–water partition coefficient (Wildman–Crippen LogP) is 0.684. The number of hydrazine groups is 1. The highest BCUT2D eigenvalue weighted by Gasteiger charge is 2.08. The molecule has 0 amide bonds. The van der Waals surface area contributed by atoms with Gasteiger partial charge in [0.2, 0.25) is 0 Å². The lowest BCUT2D eigenvalue weighted by atomic mass is 10.2. The minimum Gasteiger partial charge on any atom is -0.308 e. The van der Waals surface area contributed by atoms with Crippen molar-refractivity contribution < 1.29 is 0 Å². The lowest BCUT2D eigenvalue weighted by molar-refractivity contribution is 0.339. The van der Waals surface area contributed by atoms with Crippen LogP contribution < -0.4 is 11.3 Å². The highest BCUT2D eigenvalue weighted by atomic mass is 32.1. The number of rotatable bonds is 5. The molecule has 1 rings (SSSR count). The third-order valence-corrected chi connectivity index (χ3v) is 2.75. The normalized spacial score (nSPS) is 13.5. The minimum absolute atomic E-state index is 0.341. The van der Waals surface area contributed by atoms with E-state index < -0.39 is 0 Å². The molecule has 0 spiro atoms. The fraction of sp³-hybridized carbons (Fsp3) is 0.556. The SMILES string of the molecule is CN(C)CC(Cc1cccs1)NN. The molecule has 1 unspecified atom stereocenters. The van der Waals surface area contributed by atoms with E-state index >= 15 is 0 Å². The third kappa shape index (κ3) is 3.87. The molecule has 13 heavy (non-hydrogen) atoms. The molecule has 74 valence electrons. The molecule has 0 radical (unpaired) electrons. The van der Waals surface area contributed by atoms with Gasteiger partial charge in [-0.25, -0.2) is 0 Å². The average Bonchev–Trinajstić information content (AvgIpc) is 2.55. The minimum atomic E-state index is 0.341. The van der Waals surface area contributed by atoms with Crippen LogP contribution in [0.4, 0.5) is 0 Å². The molecule has 1 atom stereocenters. The summed E-state index contributed by atoms with van der Waals surface area (Å²) < 4.78 is 0. The molecule has 0 aromatic carbocycles. The molecule has 3 N–H and O–H groups in total. The van der Waals surface area contributed by atoms with E-state index in [0.29, 0.717) is 6.04 Å². The van der Waals surface area contributed by atoms with E-state index in [2.05, 4.69) is 41.9 Å². The average molecular weight is 199 g/mol. The van der Waals surface area contributed by atoms with Crippen molar-refractivity contribution >= 4 is 11.3 Å². The first kappa shape index (κ1) is 10.7. The molecule has 0 aliphatic heterocycles. The van der Waals surface area contributed by atoms with Crippen LogP contribution in [0.15, 0.2) is 17.5 Å². The maximum atomic E-state index is 5.47. The number of nitrogens with one attached hydrogen (secondary N) is 1. The van der Waals surface area contributed by atoms with Crippen molar-refractivity contribution in [3.05, 3.63) is 22.4 Å². The van der Waals surface area contributed by atoms with Crippen molar-refractivity contribution in [2.24, 2.45) is 5.84 Å². The van der Waals surface area contributed by atoms with Crippen molar-refractivity contribution in [2.45, 2.75) is 12.5 Å². The van der Waals surface area contributed by atoms with E-state index in [1.165, 1.54) is 4.88 Å². The molecular weight excluding hydrogens is 182 g/mol. The summed E-state index contributed by atoms with van der Waals surface area (Å²) in [4.78, 5) is 3.52. The summed E-state index contributed by atoms with van der Waals surface area (Å²) in [6.07, 6.45) is 1.01. The summed E-state index contributed by atoms with van der Waals surface area (Å²) in [7, 11) is 4.11. The van der Waals surface area contributed by atoms with Gasteiger partial charge >= 0.3 is 0 Å². The zero-order valence-corrected chi connectivity index (χ0v) is 8.97. The third-order valence-electron chi connectivity index (χ3n) is 1.85. The Balaban J connectivity index is 2.40. The number of hydrogen-bond acceptors (Lipinski definition) is 4. The second kappa shape index (κ2) is 5.34. The Hall–Kier alpha value is -0.420. The van der Waals surface area contributed by atoms with Crippen molar-refractivity contribution in [3.8, 4) is 0 Å². The topological polar surface area (TPSA) is 41.3 Å². The molecule has 1 aromatic heterocycles. The number of likely N-dealkylation sites (N-methyl/N-ethyl adjacent to an activating group) is 1. The zero-order chi connectivity index (χ0) is 9.68.